The lowest BCUT2D eigenvalue weighted by Crippen LogP contribution is -2.45. The van der Waals surface area contributed by atoms with Crippen LogP contribution in [-0.2, 0) is 0 Å². The Labute approximate surface area is 128 Å². The van der Waals surface area contributed by atoms with Crippen molar-refractivity contribution < 1.29 is 0 Å². The Morgan fingerprint density at radius 2 is 2.05 bits per heavy atom. The molecule has 3 unspecified atom stereocenters. The minimum atomic E-state index is 0.134. The van der Waals surface area contributed by atoms with Crippen LogP contribution in [0.25, 0.3) is 0 Å². The lowest BCUT2D eigenvalue weighted by molar-refractivity contribution is 0.125. The molecule has 3 heteroatoms. The highest BCUT2D eigenvalue weighted by molar-refractivity contribution is 6.31. The molecule has 2 rings (SSSR count). The zero-order valence-corrected chi connectivity index (χ0v) is 13.6. The van der Waals surface area contributed by atoms with Crippen molar-refractivity contribution >= 4 is 11.6 Å². The molecule has 112 valence electrons. The molecule has 2 N–H and O–H groups in total. The predicted molar refractivity (Wildman–Crippen MR) is 87.0 cm³/mol. The second kappa shape index (κ2) is 6.93. The second-order valence-corrected chi connectivity index (χ2v) is 6.64. The van der Waals surface area contributed by atoms with Crippen LogP contribution in [0.3, 0.4) is 0 Å². The normalized spacial score (nSPS) is 23.2. The molecule has 1 aromatic rings. The van der Waals surface area contributed by atoms with E-state index in [0.29, 0.717) is 12.0 Å². The molecule has 1 aromatic carbocycles. The van der Waals surface area contributed by atoms with E-state index in [1.54, 1.807) is 0 Å². The van der Waals surface area contributed by atoms with Crippen molar-refractivity contribution in [3.05, 3.63) is 34.9 Å². The summed E-state index contributed by atoms with van der Waals surface area (Å²) in [6.07, 6.45) is 3.51. The first-order valence-electron chi connectivity index (χ1n) is 7.82. The molecule has 20 heavy (non-hydrogen) atoms. The number of hydrogen-bond donors (Lipinski definition) is 1. The minimum Gasteiger partial charge on any atom is -0.326 e. The van der Waals surface area contributed by atoms with Crippen molar-refractivity contribution in [3.8, 4) is 0 Å². The zero-order chi connectivity index (χ0) is 14.7. The molecule has 1 aliphatic rings. The van der Waals surface area contributed by atoms with Crippen molar-refractivity contribution in [2.45, 2.75) is 58.2 Å². The van der Waals surface area contributed by atoms with Crippen molar-refractivity contribution in [1.82, 2.24) is 4.90 Å². The number of hydrogen-bond acceptors (Lipinski definition) is 2. The van der Waals surface area contributed by atoms with E-state index < -0.39 is 0 Å². The van der Waals surface area contributed by atoms with Gasteiger partial charge in [-0.1, -0.05) is 50.6 Å². The van der Waals surface area contributed by atoms with Crippen LogP contribution in [-0.4, -0.2) is 23.5 Å². The van der Waals surface area contributed by atoms with E-state index in [2.05, 4.69) is 37.8 Å². The first-order valence-corrected chi connectivity index (χ1v) is 8.19. The molecule has 2 nitrogen and oxygen atoms in total. The maximum absolute atomic E-state index is 6.46. The SMILES string of the molecule is CCC(N)C(c1ccccc1Cl)N1CCCC1C(C)C. The minimum absolute atomic E-state index is 0.134. The Morgan fingerprint density at radius 1 is 1.35 bits per heavy atom. The summed E-state index contributed by atoms with van der Waals surface area (Å²) in [4.78, 5) is 2.60. The van der Waals surface area contributed by atoms with Crippen LogP contribution in [0.4, 0.5) is 0 Å². The number of benzene rings is 1. The number of nitrogens with zero attached hydrogens (tertiary/aromatic N) is 1. The maximum Gasteiger partial charge on any atom is 0.0516 e. The summed E-state index contributed by atoms with van der Waals surface area (Å²) >= 11 is 6.44. The van der Waals surface area contributed by atoms with Crippen LogP contribution in [0.1, 0.15) is 51.6 Å². The number of halogens is 1. The molecular weight excluding hydrogens is 268 g/mol. The van der Waals surface area contributed by atoms with Crippen LogP contribution >= 0.6 is 11.6 Å². The van der Waals surface area contributed by atoms with Gasteiger partial charge in [0.25, 0.3) is 0 Å². The summed E-state index contributed by atoms with van der Waals surface area (Å²) in [7, 11) is 0. The molecular formula is C17H27ClN2. The first kappa shape index (κ1) is 15.8. The van der Waals surface area contributed by atoms with Crippen molar-refractivity contribution in [3.63, 3.8) is 0 Å². The monoisotopic (exact) mass is 294 g/mol. The largest absolute Gasteiger partial charge is 0.326 e. The highest BCUT2D eigenvalue weighted by Crippen LogP contribution is 2.37. The van der Waals surface area contributed by atoms with E-state index in [0.717, 1.165) is 18.0 Å². The topological polar surface area (TPSA) is 29.3 Å². The van der Waals surface area contributed by atoms with Gasteiger partial charge in [-0.05, 0) is 43.4 Å². The molecule has 0 aliphatic carbocycles. The van der Waals surface area contributed by atoms with Gasteiger partial charge >= 0.3 is 0 Å². The maximum atomic E-state index is 6.46. The lowest BCUT2D eigenvalue weighted by atomic mass is 9.93. The third-order valence-electron chi connectivity index (χ3n) is 4.57. The van der Waals surface area contributed by atoms with Crippen molar-refractivity contribution in [2.75, 3.05) is 6.54 Å². The van der Waals surface area contributed by atoms with Gasteiger partial charge in [-0.3, -0.25) is 4.90 Å². The molecule has 1 heterocycles. The standard InChI is InChI=1S/C17H27ClN2/c1-4-15(19)17(13-8-5-6-9-14(13)18)20-11-7-10-16(20)12(2)3/h5-6,8-9,12,15-17H,4,7,10-11,19H2,1-3H3. The van der Waals surface area contributed by atoms with Gasteiger partial charge in [0.05, 0.1) is 6.04 Å². The van der Waals surface area contributed by atoms with Gasteiger partial charge in [-0.15, -0.1) is 0 Å². The van der Waals surface area contributed by atoms with Crippen molar-refractivity contribution in [1.29, 1.82) is 0 Å². The summed E-state index contributed by atoms with van der Waals surface area (Å²) < 4.78 is 0. The summed E-state index contributed by atoms with van der Waals surface area (Å²) in [5.41, 5.74) is 7.65. The van der Waals surface area contributed by atoms with Gasteiger partial charge in [0.2, 0.25) is 0 Å². The molecule has 0 aromatic heterocycles. The molecule has 1 saturated heterocycles. The lowest BCUT2D eigenvalue weighted by Gasteiger charge is -2.38. The molecule has 1 fully saturated rings. The average Bonchev–Trinajstić information content (AvgIpc) is 2.90. The summed E-state index contributed by atoms with van der Waals surface area (Å²) in [5, 5.41) is 0.843. The third-order valence-corrected chi connectivity index (χ3v) is 4.91. The smallest absolute Gasteiger partial charge is 0.0516 e. The Kier molecular flexibility index (Phi) is 5.48. The highest BCUT2D eigenvalue weighted by atomic mass is 35.5. The van der Waals surface area contributed by atoms with E-state index in [-0.39, 0.29) is 12.1 Å². The summed E-state index contributed by atoms with van der Waals surface area (Å²) in [6, 6.07) is 9.17. The second-order valence-electron chi connectivity index (χ2n) is 6.23. The molecule has 0 amide bonds. The van der Waals surface area contributed by atoms with Gasteiger partial charge in [0, 0.05) is 17.1 Å². The number of rotatable bonds is 5. The van der Waals surface area contributed by atoms with E-state index in [1.165, 1.54) is 18.4 Å². The van der Waals surface area contributed by atoms with E-state index in [1.807, 2.05) is 12.1 Å². The molecule has 0 radical (unpaired) electrons. The number of likely N-dealkylation sites (tertiary alicyclic amines) is 1. The Morgan fingerprint density at radius 3 is 2.65 bits per heavy atom. The zero-order valence-electron chi connectivity index (χ0n) is 12.8. The Hall–Kier alpha value is -0.570. The fraction of sp³-hybridized carbons (Fsp3) is 0.647. The molecule has 0 saturated carbocycles. The Balaban J connectivity index is 2.36. The predicted octanol–water partition coefficient (Wildman–Crippen LogP) is 4.24. The summed E-state index contributed by atoms with van der Waals surface area (Å²) in [5.74, 6) is 0.659. The van der Waals surface area contributed by atoms with Crippen LogP contribution in [0.15, 0.2) is 24.3 Å². The van der Waals surface area contributed by atoms with Crippen LogP contribution in [0.2, 0.25) is 5.02 Å². The van der Waals surface area contributed by atoms with Gasteiger partial charge in [-0.2, -0.15) is 0 Å². The fourth-order valence-electron chi connectivity index (χ4n) is 3.47. The highest BCUT2D eigenvalue weighted by Gasteiger charge is 2.36. The molecule has 1 aliphatic heterocycles. The first-order chi connectivity index (χ1) is 9.56. The van der Waals surface area contributed by atoms with E-state index in [4.69, 9.17) is 17.3 Å². The average molecular weight is 295 g/mol. The van der Waals surface area contributed by atoms with Crippen LogP contribution in [0.5, 0.6) is 0 Å². The third kappa shape index (κ3) is 3.19. The quantitative estimate of drug-likeness (QED) is 0.880. The van der Waals surface area contributed by atoms with Gasteiger partial charge in [0.1, 0.15) is 0 Å². The molecule has 3 atom stereocenters. The van der Waals surface area contributed by atoms with E-state index >= 15 is 0 Å². The molecule has 0 spiro atoms. The van der Waals surface area contributed by atoms with Crippen molar-refractivity contribution in [2.24, 2.45) is 11.7 Å². The van der Waals surface area contributed by atoms with Gasteiger partial charge in [0.15, 0.2) is 0 Å². The van der Waals surface area contributed by atoms with Gasteiger partial charge < -0.3 is 5.73 Å². The number of nitrogens with two attached hydrogens (primary N) is 1. The Bertz CT molecular complexity index is 433. The van der Waals surface area contributed by atoms with E-state index in [9.17, 15) is 0 Å². The van der Waals surface area contributed by atoms with Crippen LogP contribution < -0.4 is 5.73 Å². The fourth-order valence-corrected chi connectivity index (χ4v) is 3.72. The van der Waals surface area contributed by atoms with Crippen LogP contribution in [0, 0.1) is 5.92 Å². The van der Waals surface area contributed by atoms with Gasteiger partial charge in [-0.25, -0.2) is 0 Å². The molecule has 0 bridgehead atoms. The summed E-state index contributed by atoms with van der Waals surface area (Å²) in [6.45, 7) is 7.91.